The highest BCUT2D eigenvalue weighted by Crippen LogP contribution is 2.20. The molecule has 2 heterocycles. The Hall–Kier alpha value is -0.920. The van der Waals surface area contributed by atoms with Crippen LogP contribution in [0.5, 0.6) is 0 Å². The van der Waals surface area contributed by atoms with E-state index in [1.807, 2.05) is 24.6 Å². The number of aromatic nitrogens is 2. The Bertz CT molecular complexity index is 597. The summed E-state index contributed by atoms with van der Waals surface area (Å²) < 4.78 is 30.2. The van der Waals surface area contributed by atoms with E-state index in [0.29, 0.717) is 25.6 Å². The maximum absolute atomic E-state index is 12.6. The van der Waals surface area contributed by atoms with Crippen molar-refractivity contribution in [3.05, 3.63) is 17.5 Å². The molecule has 2 rings (SSSR count). The van der Waals surface area contributed by atoms with E-state index < -0.39 is 10.2 Å². The summed E-state index contributed by atoms with van der Waals surface area (Å²) in [6.45, 7) is 8.66. The quantitative estimate of drug-likeness (QED) is 0.800. The average molecular weight is 328 g/mol. The highest BCUT2D eigenvalue weighted by molar-refractivity contribution is 7.86. The predicted octanol–water partition coefficient (Wildman–Crippen LogP) is 1.80. The van der Waals surface area contributed by atoms with Crippen molar-refractivity contribution in [2.45, 2.75) is 46.6 Å². The molecule has 1 fully saturated rings. The lowest BCUT2D eigenvalue weighted by Crippen LogP contribution is -2.46. The van der Waals surface area contributed by atoms with Crippen LogP contribution in [0.2, 0.25) is 0 Å². The summed E-state index contributed by atoms with van der Waals surface area (Å²) in [5.41, 5.74) is 2.12. The lowest BCUT2D eigenvalue weighted by Gasteiger charge is -2.33. The molecule has 1 aliphatic rings. The topological polar surface area (TPSA) is 58.4 Å². The number of hydrogen-bond acceptors (Lipinski definition) is 3. The minimum Gasteiger partial charge on any atom is -0.270 e. The first-order valence-electron chi connectivity index (χ1n) is 8.03. The minimum absolute atomic E-state index is 0.451. The second-order valence-corrected chi connectivity index (χ2v) is 8.47. The zero-order valence-corrected chi connectivity index (χ0v) is 14.9. The van der Waals surface area contributed by atoms with E-state index in [1.54, 1.807) is 11.4 Å². The van der Waals surface area contributed by atoms with E-state index in [9.17, 15) is 8.42 Å². The Morgan fingerprint density at radius 3 is 2.73 bits per heavy atom. The number of nitrogens with zero attached hydrogens (tertiary/aromatic N) is 4. The number of hydrogen-bond donors (Lipinski definition) is 0. The third-order valence-electron chi connectivity index (χ3n) is 4.29. The molecule has 7 heteroatoms. The molecular weight excluding hydrogens is 300 g/mol. The first kappa shape index (κ1) is 17.4. The minimum atomic E-state index is -3.32. The van der Waals surface area contributed by atoms with Crippen LogP contribution in [0, 0.1) is 19.8 Å². The van der Waals surface area contributed by atoms with Crippen molar-refractivity contribution in [2.75, 3.05) is 26.7 Å². The maximum atomic E-state index is 12.6. The van der Waals surface area contributed by atoms with Gasteiger partial charge < -0.3 is 0 Å². The van der Waals surface area contributed by atoms with E-state index in [4.69, 9.17) is 0 Å². The van der Waals surface area contributed by atoms with Gasteiger partial charge in [-0.3, -0.25) is 4.68 Å². The molecular formula is C15H28N4O2S. The summed E-state index contributed by atoms with van der Waals surface area (Å²) in [6, 6.07) is 2.04. The van der Waals surface area contributed by atoms with Gasteiger partial charge in [0.2, 0.25) is 0 Å². The number of aryl methyl sites for hydroxylation is 3. The van der Waals surface area contributed by atoms with Crippen LogP contribution in [0.25, 0.3) is 0 Å². The van der Waals surface area contributed by atoms with Crippen molar-refractivity contribution in [3.8, 4) is 0 Å². The number of piperidine rings is 1. The Morgan fingerprint density at radius 2 is 2.14 bits per heavy atom. The molecule has 1 saturated heterocycles. The van der Waals surface area contributed by atoms with E-state index in [-0.39, 0.29) is 0 Å². The zero-order chi connectivity index (χ0) is 16.3. The van der Waals surface area contributed by atoms with Crippen molar-refractivity contribution in [2.24, 2.45) is 5.92 Å². The highest BCUT2D eigenvalue weighted by atomic mass is 32.2. The normalized spacial score (nSPS) is 20.7. The highest BCUT2D eigenvalue weighted by Gasteiger charge is 2.30. The molecule has 126 valence electrons. The van der Waals surface area contributed by atoms with Gasteiger partial charge in [-0.1, -0.05) is 6.92 Å². The van der Waals surface area contributed by atoms with E-state index in [1.165, 1.54) is 4.31 Å². The summed E-state index contributed by atoms with van der Waals surface area (Å²) in [4.78, 5) is 0. The summed E-state index contributed by atoms with van der Waals surface area (Å²) in [6.07, 6.45) is 2.84. The van der Waals surface area contributed by atoms with Crippen LogP contribution in [-0.4, -0.2) is 53.5 Å². The van der Waals surface area contributed by atoms with Gasteiger partial charge in [0.15, 0.2) is 0 Å². The predicted molar refractivity (Wildman–Crippen MR) is 87.8 cm³/mol. The molecule has 1 aromatic heterocycles. The molecule has 0 aromatic carbocycles. The first-order valence-corrected chi connectivity index (χ1v) is 9.43. The molecule has 1 aliphatic heterocycles. The Kier molecular flexibility index (Phi) is 5.63. The van der Waals surface area contributed by atoms with Gasteiger partial charge in [-0.15, -0.1) is 0 Å². The van der Waals surface area contributed by atoms with Crippen molar-refractivity contribution >= 4 is 10.2 Å². The fraction of sp³-hybridized carbons (Fsp3) is 0.800. The van der Waals surface area contributed by atoms with Gasteiger partial charge in [-0.25, -0.2) is 0 Å². The fourth-order valence-electron chi connectivity index (χ4n) is 3.01. The maximum Gasteiger partial charge on any atom is 0.281 e. The first-order chi connectivity index (χ1) is 10.3. The van der Waals surface area contributed by atoms with Gasteiger partial charge in [0.1, 0.15) is 0 Å². The van der Waals surface area contributed by atoms with E-state index in [2.05, 4.69) is 12.0 Å². The molecule has 0 bridgehead atoms. The van der Waals surface area contributed by atoms with Gasteiger partial charge >= 0.3 is 0 Å². The van der Waals surface area contributed by atoms with Crippen LogP contribution >= 0.6 is 0 Å². The number of rotatable bonds is 6. The Labute approximate surface area is 134 Å². The molecule has 0 radical (unpaired) electrons. The Balaban J connectivity index is 1.88. The largest absolute Gasteiger partial charge is 0.281 e. The smallest absolute Gasteiger partial charge is 0.270 e. The van der Waals surface area contributed by atoms with Gasteiger partial charge in [0.25, 0.3) is 10.2 Å². The van der Waals surface area contributed by atoms with Crippen LogP contribution in [0.4, 0.5) is 0 Å². The standard InChI is InChI=1S/C15H28N4O2S/c1-13-7-5-9-18(12-13)22(20,21)17(4)8-6-10-19-15(3)11-14(2)16-19/h11,13H,5-10,12H2,1-4H3/t13-/m1/s1. The lowest BCUT2D eigenvalue weighted by molar-refractivity contribution is 0.262. The van der Waals surface area contributed by atoms with Gasteiger partial charge in [-0.05, 0) is 45.1 Å². The van der Waals surface area contributed by atoms with Crippen LogP contribution in [0.15, 0.2) is 6.07 Å². The summed E-state index contributed by atoms with van der Waals surface area (Å²) in [7, 11) is -1.64. The molecule has 0 amide bonds. The Morgan fingerprint density at radius 1 is 1.41 bits per heavy atom. The van der Waals surface area contributed by atoms with Crippen LogP contribution < -0.4 is 0 Å². The molecule has 22 heavy (non-hydrogen) atoms. The molecule has 6 nitrogen and oxygen atoms in total. The third-order valence-corrected chi connectivity index (χ3v) is 6.24. The molecule has 0 spiro atoms. The molecule has 1 aromatic rings. The summed E-state index contributed by atoms with van der Waals surface area (Å²) in [5, 5.41) is 4.41. The summed E-state index contributed by atoms with van der Waals surface area (Å²) >= 11 is 0. The lowest BCUT2D eigenvalue weighted by atomic mass is 10.0. The zero-order valence-electron chi connectivity index (χ0n) is 14.1. The van der Waals surface area contributed by atoms with Gasteiger partial charge in [0, 0.05) is 38.9 Å². The third kappa shape index (κ3) is 4.08. The van der Waals surface area contributed by atoms with Crippen molar-refractivity contribution in [3.63, 3.8) is 0 Å². The molecule has 1 atom stereocenters. The molecule has 0 aliphatic carbocycles. The van der Waals surface area contributed by atoms with E-state index in [0.717, 1.165) is 37.2 Å². The second-order valence-electron chi connectivity index (χ2n) is 6.44. The van der Waals surface area contributed by atoms with Crippen molar-refractivity contribution in [1.82, 2.24) is 18.4 Å². The van der Waals surface area contributed by atoms with Gasteiger partial charge in [0.05, 0.1) is 5.69 Å². The summed E-state index contributed by atoms with van der Waals surface area (Å²) in [5.74, 6) is 0.451. The van der Waals surface area contributed by atoms with Crippen LogP contribution in [-0.2, 0) is 16.8 Å². The van der Waals surface area contributed by atoms with Crippen LogP contribution in [0.1, 0.15) is 37.6 Å². The molecule has 0 unspecified atom stereocenters. The molecule has 0 saturated carbocycles. The average Bonchev–Trinajstić information content (AvgIpc) is 2.77. The SMILES string of the molecule is Cc1cc(C)n(CCCN(C)S(=O)(=O)N2CCC[C@@H](C)C2)n1. The van der Waals surface area contributed by atoms with Crippen LogP contribution in [0.3, 0.4) is 0 Å². The monoisotopic (exact) mass is 328 g/mol. The van der Waals surface area contributed by atoms with Crippen molar-refractivity contribution < 1.29 is 8.42 Å². The van der Waals surface area contributed by atoms with Crippen molar-refractivity contribution in [1.29, 1.82) is 0 Å². The molecule has 0 N–H and O–H groups in total. The fourth-order valence-corrected chi connectivity index (χ4v) is 4.57. The second kappa shape index (κ2) is 7.10. The van der Waals surface area contributed by atoms with E-state index >= 15 is 0 Å². The van der Waals surface area contributed by atoms with Gasteiger partial charge in [-0.2, -0.15) is 22.1 Å².